The fourth-order valence-corrected chi connectivity index (χ4v) is 3.03. The van der Waals surface area contributed by atoms with Crippen LogP contribution in [0.4, 0.5) is 17.6 Å². The van der Waals surface area contributed by atoms with Crippen molar-refractivity contribution in [2.24, 2.45) is 5.41 Å². The molecule has 3 nitrogen and oxygen atoms in total. The number of carbonyl (C=O) groups excluding carboxylic acids is 1. The molecule has 0 bridgehead atoms. The van der Waals surface area contributed by atoms with Gasteiger partial charge in [-0.3, -0.25) is 4.79 Å². The van der Waals surface area contributed by atoms with Crippen molar-refractivity contribution in [1.29, 1.82) is 0 Å². The van der Waals surface area contributed by atoms with Crippen LogP contribution in [-0.4, -0.2) is 42.7 Å². The molecule has 0 saturated carbocycles. The van der Waals surface area contributed by atoms with Crippen LogP contribution >= 0.6 is 0 Å². The van der Waals surface area contributed by atoms with Crippen molar-refractivity contribution in [3.63, 3.8) is 0 Å². The molecule has 1 aromatic carbocycles. The molecule has 152 valence electrons. The van der Waals surface area contributed by atoms with E-state index in [1.165, 1.54) is 12.1 Å². The monoisotopic (exact) mass is 388 g/mol. The van der Waals surface area contributed by atoms with Gasteiger partial charge < -0.3 is 10.2 Å². The van der Waals surface area contributed by atoms with Gasteiger partial charge in [-0.15, -0.1) is 0 Å². The molecular weight excluding hydrogens is 360 g/mol. The molecule has 1 aromatic rings. The molecule has 0 radical (unpaired) electrons. The van der Waals surface area contributed by atoms with Gasteiger partial charge in [-0.1, -0.05) is 26.8 Å². The molecule has 1 aliphatic heterocycles. The van der Waals surface area contributed by atoms with Crippen molar-refractivity contribution in [2.75, 3.05) is 26.2 Å². The molecule has 27 heavy (non-hydrogen) atoms. The molecule has 0 aromatic heterocycles. The van der Waals surface area contributed by atoms with Crippen molar-refractivity contribution in [1.82, 2.24) is 10.2 Å². The van der Waals surface area contributed by atoms with Crippen LogP contribution in [0, 0.1) is 5.41 Å². The maximum Gasteiger partial charge on any atom is 0.416 e. The zero-order valence-corrected chi connectivity index (χ0v) is 16.1. The third-order valence-electron chi connectivity index (χ3n) is 4.95. The number of nitrogens with one attached hydrogen (secondary N) is 1. The molecule has 2 rings (SSSR count). The minimum Gasteiger partial charge on any atom is -0.349 e. The third kappa shape index (κ3) is 6.79. The smallest absolute Gasteiger partial charge is 0.349 e. The number of hydrogen-bond donors (Lipinski definition) is 1. The summed E-state index contributed by atoms with van der Waals surface area (Å²) in [5.41, 5.74) is -2.30. The Labute approximate surface area is 158 Å². The Morgan fingerprint density at radius 1 is 1.19 bits per heavy atom. The Balaban J connectivity index is 1.85. The molecule has 1 heterocycles. The average Bonchev–Trinajstić information content (AvgIpc) is 2.58. The van der Waals surface area contributed by atoms with E-state index in [9.17, 15) is 22.4 Å². The lowest BCUT2D eigenvalue weighted by atomic mass is 9.90. The number of nitrogens with zero attached hydrogens (tertiary/aromatic N) is 1. The van der Waals surface area contributed by atoms with Crippen molar-refractivity contribution >= 4 is 5.91 Å². The van der Waals surface area contributed by atoms with Crippen LogP contribution < -0.4 is 5.32 Å². The minimum atomic E-state index is -4.52. The van der Waals surface area contributed by atoms with E-state index < -0.39 is 23.3 Å². The van der Waals surface area contributed by atoms with Crippen molar-refractivity contribution in [3.8, 4) is 0 Å². The summed E-state index contributed by atoms with van der Waals surface area (Å²) >= 11 is 0. The maximum absolute atomic E-state index is 14.9. The van der Waals surface area contributed by atoms with Gasteiger partial charge in [0, 0.05) is 18.7 Å². The quantitative estimate of drug-likeness (QED) is 0.743. The molecule has 0 spiro atoms. The fourth-order valence-electron chi connectivity index (χ4n) is 3.03. The highest BCUT2D eigenvalue weighted by Crippen LogP contribution is 2.30. The predicted octanol–water partition coefficient (Wildman–Crippen LogP) is 4.68. The van der Waals surface area contributed by atoms with E-state index in [2.05, 4.69) is 31.0 Å². The predicted molar refractivity (Wildman–Crippen MR) is 97.4 cm³/mol. The summed E-state index contributed by atoms with van der Waals surface area (Å²) < 4.78 is 53.2. The summed E-state index contributed by atoms with van der Waals surface area (Å²) in [4.78, 5) is 14.4. The molecule has 0 aliphatic carbocycles. The number of likely N-dealkylation sites (tertiary alicyclic amines) is 1. The van der Waals surface area contributed by atoms with E-state index in [1.807, 2.05) is 0 Å². The maximum atomic E-state index is 14.9. The second kappa shape index (κ2) is 8.17. The van der Waals surface area contributed by atoms with E-state index in [-0.39, 0.29) is 17.5 Å². The van der Waals surface area contributed by atoms with Crippen LogP contribution in [-0.2, 0) is 6.18 Å². The lowest BCUT2D eigenvalue weighted by molar-refractivity contribution is -0.137. The molecule has 1 N–H and O–H groups in total. The number of benzene rings is 1. The second-order valence-corrected chi connectivity index (χ2v) is 8.56. The van der Waals surface area contributed by atoms with Crippen LogP contribution in [0.3, 0.4) is 0 Å². The topological polar surface area (TPSA) is 32.3 Å². The normalized spacial score (nSPS) is 18.3. The van der Waals surface area contributed by atoms with E-state index in [1.54, 1.807) is 0 Å². The molecule has 1 aliphatic rings. The number of amides is 1. The SMILES string of the molecule is CC(C)(C)CCN1CCC(F)(CNC(=O)c2cccc(C(F)(F)F)c2)CC1. The van der Waals surface area contributed by atoms with Gasteiger partial charge in [0.15, 0.2) is 0 Å². The Hall–Kier alpha value is -1.63. The highest BCUT2D eigenvalue weighted by molar-refractivity contribution is 5.94. The molecule has 0 atom stereocenters. The first-order chi connectivity index (χ1) is 12.4. The number of hydrogen-bond acceptors (Lipinski definition) is 2. The number of halogens is 4. The first-order valence-electron chi connectivity index (χ1n) is 9.25. The van der Waals surface area contributed by atoms with Gasteiger partial charge in [0.25, 0.3) is 5.91 Å². The first-order valence-corrected chi connectivity index (χ1v) is 9.25. The van der Waals surface area contributed by atoms with Crippen molar-refractivity contribution in [3.05, 3.63) is 35.4 Å². The number of carbonyl (C=O) groups is 1. The Kier molecular flexibility index (Phi) is 6.55. The largest absolute Gasteiger partial charge is 0.416 e. The highest BCUT2D eigenvalue weighted by Gasteiger charge is 2.35. The van der Waals surface area contributed by atoms with Crippen LogP contribution in [0.25, 0.3) is 0 Å². The lowest BCUT2D eigenvalue weighted by Crippen LogP contribution is -2.48. The van der Waals surface area contributed by atoms with Crippen LogP contribution in [0.1, 0.15) is 56.0 Å². The summed E-state index contributed by atoms with van der Waals surface area (Å²) in [6.07, 6.45) is -2.88. The second-order valence-electron chi connectivity index (χ2n) is 8.56. The van der Waals surface area contributed by atoms with E-state index in [0.29, 0.717) is 25.9 Å². The Bertz CT molecular complexity index is 644. The van der Waals surface area contributed by atoms with Crippen molar-refractivity contribution in [2.45, 2.75) is 51.9 Å². The molecule has 7 heteroatoms. The molecular formula is C20H28F4N2O. The number of piperidine rings is 1. The summed E-state index contributed by atoms with van der Waals surface area (Å²) in [6.45, 7) is 8.46. The average molecular weight is 388 g/mol. The minimum absolute atomic E-state index is 0.115. The third-order valence-corrected chi connectivity index (χ3v) is 4.95. The first kappa shape index (κ1) is 21.7. The zero-order valence-electron chi connectivity index (χ0n) is 16.1. The van der Waals surface area contributed by atoms with Gasteiger partial charge in [0.05, 0.1) is 12.1 Å². The standard InChI is InChI=1S/C20H28F4N2O/c1-18(2,3)7-10-26-11-8-19(21,9-12-26)14-25-17(27)15-5-4-6-16(13-15)20(22,23)24/h4-6,13H,7-12,14H2,1-3H3,(H,25,27). The van der Waals surface area contributed by atoms with Crippen LogP contribution in [0.2, 0.25) is 0 Å². The molecule has 0 unspecified atom stereocenters. The van der Waals surface area contributed by atoms with Crippen LogP contribution in [0.15, 0.2) is 24.3 Å². The highest BCUT2D eigenvalue weighted by atomic mass is 19.4. The summed E-state index contributed by atoms with van der Waals surface area (Å²) in [5.74, 6) is -0.687. The summed E-state index contributed by atoms with van der Waals surface area (Å²) in [5, 5.41) is 2.46. The van der Waals surface area contributed by atoms with E-state index >= 15 is 0 Å². The van der Waals surface area contributed by atoms with Crippen molar-refractivity contribution < 1.29 is 22.4 Å². The summed E-state index contributed by atoms with van der Waals surface area (Å²) in [7, 11) is 0. The van der Waals surface area contributed by atoms with Gasteiger partial charge in [-0.2, -0.15) is 13.2 Å². The number of alkyl halides is 4. The lowest BCUT2D eigenvalue weighted by Gasteiger charge is -2.37. The summed E-state index contributed by atoms with van der Waals surface area (Å²) in [6, 6.07) is 4.16. The van der Waals surface area contributed by atoms with Crippen LogP contribution in [0.5, 0.6) is 0 Å². The van der Waals surface area contributed by atoms with Gasteiger partial charge in [-0.05, 0) is 49.4 Å². The van der Waals surface area contributed by atoms with E-state index in [4.69, 9.17) is 0 Å². The molecule has 1 amide bonds. The van der Waals surface area contributed by atoms with Gasteiger partial charge in [0.1, 0.15) is 5.67 Å². The zero-order chi connectivity index (χ0) is 20.3. The number of rotatable bonds is 5. The van der Waals surface area contributed by atoms with E-state index in [0.717, 1.165) is 25.1 Å². The Morgan fingerprint density at radius 2 is 1.81 bits per heavy atom. The fraction of sp³-hybridized carbons (Fsp3) is 0.650. The van der Waals surface area contributed by atoms with Gasteiger partial charge in [-0.25, -0.2) is 4.39 Å². The molecule has 1 saturated heterocycles. The Morgan fingerprint density at radius 3 is 2.37 bits per heavy atom. The molecule has 1 fully saturated rings. The van der Waals surface area contributed by atoms with Gasteiger partial charge >= 0.3 is 6.18 Å². The van der Waals surface area contributed by atoms with Gasteiger partial charge in [0.2, 0.25) is 0 Å².